The maximum atomic E-state index is 10.5. The zero-order valence-electron chi connectivity index (χ0n) is 22.2. The molecule has 0 aliphatic carbocycles. The van der Waals surface area contributed by atoms with Crippen molar-refractivity contribution in [3.8, 4) is 0 Å². The van der Waals surface area contributed by atoms with Crippen LogP contribution in [-0.4, -0.2) is 45.6 Å². The van der Waals surface area contributed by atoms with Gasteiger partial charge < -0.3 is 11.0 Å². The first kappa shape index (κ1) is 66.1. The van der Waals surface area contributed by atoms with Crippen LogP contribution in [0.5, 0.6) is 0 Å². The second kappa shape index (κ2) is 22.9. The Hall–Kier alpha value is 3.95. The van der Waals surface area contributed by atoms with E-state index in [1.165, 1.54) is 0 Å². The van der Waals surface area contributed by atoms with Crippen LogP contribution in [0, 0.1) is 0 Å². The Balaban J connectivity index is -0.000000183. The van der Waals surface area contributed by atoms with Gasteiger partial charge in [0, 0.05) is 18.6 Å². The summed E-state index contributed by atoms with van der Waals surface area (Å²) in [6, 6.07) is 0. The van der Waals surface area contributed by atoms with Crippen LogP contribution in [0.4, 0.5) is 0 Å². The zero-order valence-corrected chi connectivity index (χ0v) is 46.6. The third kappa shape index (κ3) is 39.8. The quantitative estimate of drug-likeness (QED) is 0.0940. The summed E-state index contributed by atoms with van der Waals surface area (Å²) in [5.41, 5.74) is 0. The number of hydrogen-bond acceptors (Lipinski definition) is 34. The predicted octanol–water partition coefficient (Wildman–Crippen LogP) is -9.40. The summed E-state index contributed by atoms with van der Waals surface area (Å²) in [5, 5.41) is 0. The Labute approximate surface area is 340 Å². The molecule has 0 aromatic carbocycles. The molecule has 0 atom stereocenters. The Morgan fingerprint density at radius 2 is 0.585 bits per heavy atom. The number of hydrogen-bond donors (Lipinski definition) is 8. The molecule has 3 aliphatic rings. The van der Waals surface area contributed by atoms with E-state index in [1.807, 2.05) is 0 Å². The van der Waals surface area contributed by atoms with Gasteiger partial charge in [-0.05, 0) is 0 Å². The average Bonchev–Trinajstić information content (AvgIpc) is 2.51. The topological polar surface area (TPSA) is 665 Å². The number of rotatable bonds is 2. The molecule has 3 aliphatic heterocycles. The Kier molecular flexibility index (Phi) is 28.5. The second-order valence-corrected chi connectivity index (χ2v) is 52.5. The molecule has 53 heavy (non-hydrogen) atoms. The first-order valence-corrected chi connectivity index (χ1v) is 46.2. The van der Waals surface area contributed by atoms with E-state index < -0.39 is 194 Å². The van der Waals surface area contributed by atoms with Crippen molar-refractivity contribution < 1.29 is 338 Å². The van der Waals surface area contributed by atoms with Crippen molar-refractivity contribution in [3.05, 3.63) is 0 Å². The fourth-order valence-corrected chi connectivity index (χ4v) is 57.5. The fourth-order valence-electron chi connectivity index (χ4n) is 1.14. The molecule has 0 saturated carbocycles. The summed E-state index contributed by atoms with van der Waals surface area (Å²) >= 11 is -66.1. The monoisotopic (exact) mass is 1810 g/mol. The summed E-state index contributed by atoms with van der Waals surface area (Å²) in [6.07, 6.45) is 0. The van der Waals surface area contributed by atoms with Crippen LogP contribution >= 0.6 is 8.17 Å². The first-order valence-electron chi connectivity index (χ1n) is 8.20. The van der Waals surface area contributed by atoms with Crippen LogP contribution in [0.3, 0.4) is 0 Å². The maximum absolute atomic E-state index is 10.5. The van der Waals surface area contributed by atoms with Crippen LogP contribution in [0.2, 0.25) is 0 Å². The molecule has 0 aromatic rings. The zero-order chi connectivity index (χ0) is 41.1. The van der Waals surface area contributed by atoms with Gasteiger partial charge in [0.2, 0.25) is 0 Å². The third-order valence-electron chi connectivity index (χ3n) is 1.68. The van der Waals surface area contributed by atoms with E-state index in [1.54, 1.807) is 0 Å². The molecule has 3 saturated heterocycles. The van der Waals surface area contributed by atoms with Crippen molar-refractivity contribution in [1.29, 1.82) is 0 Å². The summed E-state index contributed by atoms with van der Waals surface area (Å²) in [7, 11) is -4.39. The van der Waals surface area contributed by atoms with Gasteiger partial charge >= 0.3 is 297 Å². The van der Waals surface area contributed by atoms with E-state index in [0.29, 0.717) is 0 Å². The predicted molar refractivity (Wildman–Crippen MR) is 55.8 cm³/mol. The Morgan fingerprint density at radius 1 is 0.434 bits per heavy atom. The first-order chi connectivity index (χ1) is 21.1. The van der Waals surface area contributed by atoms with Crippen LogP contribution in [0.25, 0.3) is 0 Å². The maximum Gasteiger partial charge on any atom is 0 e. The minimum absolute atomic E-state index is 0. The van der Waals surface area contributed by atoms with E-state index in [2.05, 4.69) is 20.4 Å². The van der Waals surface area contributed by atoms with E-state index >= 15 is 0 Å². The SMILES string of the molecule is O.O.O[P+](O)(O)O.[O]=[Mo](=[O])([OH])[O][Mo](=[O])(=[O])[OH].[O]=[Mo]1([O-])[O][Mo](=[O])(=[O])[O][Mo](=[O])(=[O])[O]1.[O]=[Mo]1([OH])[O][Mo](=[O])(=[O])[O][Mo](=[O])(=[O])[O]1.[O]=[Mo]1([OH])[O][Mo](=[O])(=[O])[O][Mo](=[O])(=[O])[O]1.[V]. The summed E-state index contributed by atoms with van der Waals surface area (Å²) < 4.78 is 271. The van der Waals surface area contributed by atoms with Gasteiger partial charge in [-0.2, -0.15) is 19.6 Å². The molecule has 40 nitrogen and oxygen atoms in total. The second-order valence-electron chi connectivity index (χ2n) is 5.79. The normalized spacial score (nSPS) is 24.5. The van der Waals surface area contributed by atoms with Gasteiger partial charge in [-0.3, -0.25) is 0 Å². The molecule has 53 heteroatoms. The minimum atomic E-state index is -6.09. The van der Waals surface area contributed by atoms with Crippen LogP contribution in [0.15, 0.2) is 0 Å². The van der Waals surface area contributed by atoms with Gasteiger partial charge in [0.05, 0.1) is 0 Å². The molecule has 12 N–H and O–H groups in total. The molecule has 3 fully saturated rings. The summed E-state index contributed by atoms with van der Waals surface area (Å²) in [5.74, 6) is 0. The Bertz CT molecular complexity index is 1910. The summed E-state index contributed by atoms with van der Waals surface area (Å²) in [6.45, 7) is 0. The van der Waals surface area contributed by atoms with E-state index in [-0.39, 0.29) is 29.5 Å². The minimum Gasteiger partial charge on any atom is 0 e. The van der Waals surface area contributed by atoms with Crippen molar-refractivity contribution in [2.75, 3.05) is 0 Å². The van der Waals surface area contributed by atoms with Crippen molar-refractivity contribution in [2.45, 2.75) is 0 Å². The van der Waals surface area contributed by atoms with Crippen LogP contribution in [0.1, 0.15) is 0 Å². The molecular formula is H12Mo11O40PV. The van der Waals surface area contributed by atoms with E-state index in [4.69, 9.17) is 34.6 Å². The average molecular weight is 1790 g/mol. The molecule has 3 heterocycles. The van der Waals surface area contributed by atoms with Crippen molar-refractivity contribution in [2.24, 2.45) is 0 Å². The molecule has 3 rings (SSSR count). The van der Waals surface area contributed by atoms with Gasteiger partial charge in [-0.25, -0.2) is 0 Å². The largest absolute Gasteiger partial charge is 0 e. The molecule has 0 spiro atoms. The van der Waals surface area contributed by atoms with Crippen LogP contribution in [-0.2, 0) is 289 Å². The smallest absolute Gasteiger partial charge is 0 e. The van der Waals surface area contributed by atoms with Gasteiger partial charge in [0.15, 0.2) is 0 Å². The standard InChI is InChI=1S/11Mo.H4O4P.6H2O.30O.V/c;;;;;;;;;;;1-5(2,3)4;;;;;;;;;;;;;;;;;;;;;;;;;;;;;;;;;;;;;/h;;;;;;;;;;;1-4H;6*1H2;;;;;;;;;;;;;;;;;;;;;;;;;;;;;;;/q;;;;;;;5*+1;;;;;;;;;;;;;;;;;;;;;;;;;;;;;;;;;;;;-1;/p-4. The van der Waals surface area contributed by atoms with Crippen molar-refractivity contribution in [1.82, 2.24) is 0 Å². The third-order valence-corrected chi connectivity index (χ3v) is 58.9. The molecule has 0 unspecified atom stereocenters. The molecule has 0 bridgehead atoms. The van der Waals surface area contributed by atoms with Crippen molar-refractivity contribution in [3.63, 3.8) is 0 Å². The van der Waals surface area contributed by atoms with Crippen LogP contribution < -0.4 is 3.76 Å². The molecular weight excluding hydrogens is 1780 g/mol. The molecule has 328 valence electrons. The molecule has 0 amide bonds. The van der Waals surface area contributed by atoms with Gasteiger partial charge in [0.25, 0.3) is 0 Å². The van der Waals surface area contributed by atoms with Gasteiger partial charge in [-0.15, -0.1) is 0 Å². The Morgan fingerprint density at radius 3 is 0.679 bits per heavy atom. The van der Waals surface area contributed by atoms with E-state index in [9.17, 15) is 68.3 Å². The fraction of sp³-hybridized carbons (Fsp3) is 0. The molecule has 0 aromatic heterocycles. The van der Waals surface area contributed by atoms with E-state index in [0.717, 1.165) is 0 Å². The summed E-state index contributed by atoms with van der Waals surface area (Å²) in [4.78, 5) is 29.2. The van der Waals surface area contributed by atoms with Gasteiger partial charge in [-0.1, -0.05) is 0 Å². The van der Waals surface area contributed by atoms with Crippen molar-refractivity contribution >= 4 is 8.17 Å². The van der Waals surface area contributed by atoms with Gasteiger partial charge in [0.1, 0.15) is 0 Å². The molecule has 1 radical (unpaired) electrons.